The lowest BCUT2D eigenvalue weighted by Crippen LogP contribution is -2.28. The summed E-state index contributed by atoms with van der Waals surface area (Å²) in [6.07, 6.45) is 4.73. The van der Waals surface area contributed by atoms with E-state index in [9.17, 15) is 9.90 Å². The van der Waals surface area contributed by atoms with Crippen molar-refractivity contribution in [1.82, 2.24) is 9.55 Å². The molecule has 1 aromatic heterocycles. The second-order valence-corrected chi connectivity index (χ2v) is 6.67. The van der Waals surface area contributed by atoms with Gasteiger partial charge in [0.05, 0.1) is 16.6 Å². The number of rotatable bonds is 3. The fourth-order valence-corrected chi connectivity index (χ4v) is 3.54. The summed E-state index contributed by atoms with van der Waals surface area (Å²) in [7, 11) is 0. The number of nitrogens with zero attached hydrogens (tertiary/aromatic N) is 2. The first-order chi connectivity index (χ1) is 9.92. The number of benzene rings is 1. The van der Waals surface area contributed by atoms with Crippen LogP contribution in [0.25, 0.3) is 11.0 Å². The molecule has 0 bridgehead atoms. The van der Waals surface area contributed by atoms with Gasteiger partial charge in [0.25, 0.3) is 0 Å². The fourth-order valence-electron chi connectivity index (χ4n) is 3.54. The molecule has 1 aromatic carbocycles. The van der Waals surface area contributed by atoms with E-state index in [0.29, 0.717) is 11.5 Å². The first-order valence-corrected chi connectivity index (χ1v) is 7.68. The van der Waals surface area contributed by atoms with Gasteiger partial charge in [-0.05, 0) is 38.0 Å². The molecule has 1 heterocycles. The van der Waals surface area contributed by atoms with Gasteiger partial charge in [0.1, 0.15) is 5.82 Å². The third-order valence-corrected chi connectivity index (χ3v) is 4.66. The van der Waals surface area contributed by atoms with Crippen molar-refractivity contribution >= 4 is 17.0 Å². The number of carboxylic acids is 1. The Morgan fingerprint density at radius 3 is 2.57 bits per heavy atom. The molecule has 0 radical (unpaired) electrons. The molecule has 1 aliphatic carbocycles. The SMILES string of the molecule is CC(C)c1nc2ccc(C(=O)O)cc2n1C1(C)CCCC1. The van der Waals surface area contributed by atoms with E-state index in [1.54, 1.807) is 12.1 Å². The molecule has 0 aliphatic heterocycles. The van der Waals surface area contributed by atoms with Crippen molar-refractivity contribution < 1.29 is 9.90 Å². The smallest absolute Gasteiger partial charge is 0.335 e. The number of fused-ring (bicyclic) bond motifs is 1. The number of aromatic carboxylic acids is 1. The molecule has 4 nitrogen and oxygen atoms in total. The maximum absolute atomic E-state index is 11.3. The average molecular weight is 286 g/mol. The van der Waals surface area contributed by atoms with E-state index < -0.39 is 5.97 Å². The number of hydrogen-bond acceptors (Lipinski definition) is 2. The van der Waals surface area contributed by atoms with Gasteiger partial charge >= 0.3 is 5.97 Å². The average Bonchev–Trinajstić information content (AvgIpc) is 3.02. The third-order valence-electron chi connectivity index (χ3n) is 4.66. The highest BCUT2D eigenvalue weighted by Crippen LogP contribution is 2.40. The predicted octanol–water partition coefficient (Wildman–Crippen LogP) is 4.15. The quantitative estimate of drug-likeness (QED) is 0.922. The van der Waals surface area contributed by atoms with Crippen molar-refractivity contribution in [2.75, 3.05) is 0 Å². The Balaban J connectivity index is 2.29. The van der Waals surface area contributed by atoms with Gasteiger partial charge in [0.15, 0.2) is 0 Å². The highest BCUT2D eigenvalue weighted by atomic mass is 16.4. The molecule has 1 N–H and O–H groups in total. The van der Waals surface area contributed by atoms with Crippen LogP contribution in [0.4, 0.5) is 0 Å². The summed E-state index contributed by atoms with van der Waals surface area (Å²) in [5, 5.41) is 9.25. The molecule has 0 spiro atoms. The van der Waals surface area contributed by atoms with Crippen molar-refractivity contribution in [3.8, 4) is 0 Å². The molecule has 21 heavy (non-hydrogen) atoms. The van der Waals surface area contributed by atoms with E-state index >= 15 is 0 Å². The zero-order valence-corrected chi connectivity index (χ0v) is 12.9. The molecule has 2 aromatic rings. The van der Waals surface area contributed by atoms with Gasteiger partial charge in [-0.1, -0.05) is 26.7 Å². The highest BCUT2D eigenvalue weighted by Gasteiger charge is 2.34. The zero-order valence-electron chi connectivity index (χ0n) is 12.9. The highest BCUT2D eigenvalue weighted by molar-refractivity contribution is 5.92. The summed E-state index contributed by atoms with van der Waals surface area (Å²) in [6.45, 7) is 6.57. The van der Waals surface area contributed by atoms with Crippen LogP contribution in [0.15, 0.2) is 18.2 Å². The van der Waals surface area contributed by atoms with Gasteiger partial charge in [-0.3, -0.25) is 0 Å². The number of hydrogen-bond donors (Lipinski definition) is 1. The Morgan fingerprint density at radius 2 is 2.00 bits per heavy atom. The van der Waals surface area contributed by atoms with Gasteiger partial charge < -0.3 is 9.67 Å². The van der Waals surface area contributed by atoms with E-state index in [-0.39, 0.29) is 5.54 Å². The first-order valence-electron chi connectivity index (χ1n) is 7.68. The molecule has 1 fully saturated rings. The number of imidazole rings is 1. The topological polar surface area (TPSA) is 55.1 Å². The number of carboxylic acid groups (broad SMARTS) is 1. The molecular weight excluding hydrogens is 264 g/mol. The third kappa shape index (κ3) is 2.23. The fraction of sp³-hybridized carbons (Fsp3) is 0.529. The van der Waals surface area contributed by atoms with Crippen LogP contribution < -0.4 is 0 Å². The van der Waals surface area contributed by atoms with E-state index in [1.807, 2.05) is 6.07 Å². The second kappa shape index (κ2) is 4.86. The Labute approximate surface area is 124 Å². The lowest BCUT2D eigenvalue weighted by atomic mass is 9.98. The monoisotopic (exact) mass is 286 g/mol. The molecule has 112 valence electrons. The van der Waals surface area contributed by atoms with Crippen LogP contribution in [0.1, 0.15) is 68.6 Å². The van der Waals surface area contributed by atoms with Crippen LogP contribution in [0, 0.1) is 0 Å². The largest absolute Gasteiger partial charge is 0.478 e. The molecule has 4 heteroatoms. The van der Waals surface area contributed by atoms with Crippen LogP contribution >= 0.6 is 0 Å². The second-order valence-electron chi connectivity index (χ2n) is 6.67. The minimum Gasteiger partial charge on any atom is -0.478 e. The summed E-state index contributed by atoms with van der Waals surface area (Å²) in [6, 6.07) is 5.25. The van der Waals surface area contributed by atoms with Crippen LogP contribution in [0.2, 0.25) is 0 Å². The van der Waals surface area contributed by atoms with Crippen LogP contribution in [-0.4, -0.2) is 20.6 Å². The van der Waals surface area contributed by atoms with Crippen molar-refractivity contribution in [3.63, 3.8) is 0 Å². The van der Waals surface area contributed by atoms with Crippen molar-refractivity contribution in [1.29, 1.82) is 0 Å². The van der Waals surface area contributed by atoms with Crippen molar-refractivity contribution in [3.05, 3.63) is 29.6 Å². The van der Waals surface area contributed by atoms with Crippen LogP contribution in [-0.2, 0) is 5.54 Å². The van der Waals surface area contributed by atoms with Crippen LogP contribution in [0.3, 0.4) is 0 Å². The predicted molar refractivity (Wildman–Crippen MR) is 82.9 cm³/mol. The molecule has 3 rings (SSSR count). The Hall–Kier alpha value is -1.84. The molecular formula is C17H22N2O2. The van der Waals surface area contributed by atoms with Crippen molar-refractivity contribution in [2.24, 2.45) is 0 Å². The summed E-state index contributed by atoms with van der Waals surface area (Å²) in [5.74, 6) is 0.507. The maximum atomic E-state index is 11.3. The van der Waals surface area contributed by atoms with E-state index in [0.717, 1.165) is 29.7 Å². The first kappa shape index (κ1) is 14.1. The van der Waals surface area contributed by atoms with Crippen LogP contribution in [0.5, 0.6) is 0 Å². The zero-order chi connectivity index (χ0) is 15.2. The normalized spacial score (nSPS) is 17.7. The number of aromatic nitrogens is 2. The van der Waals surface area contributed by atoms with Gasteiger partial charge in [0.2, 0.25) is 0 Å². The molecule has 0 unspecified atom stereocenters. The molecule has 0 atom stereocenters. The van der Waals surface area contributed by atoms with Gasteiger partial charge in [0, 0.05) is 11.5 Å². The Bertz CT molecular complexity index is 694. The van der Waals surface area contributed by atoms with E-state index in [4.69, 9.17) is 4.98 Å². The van der Waals surface area contributed by atoms with E-state index in [2.05, 4.69) is 25.3 Å². The molecule has 1 saturated carbocycles. The van der Waals surface area contributed by atoms with Crippen molar-refractivity contribution in [2.45, 2.75) is 57.9 Å². The number of carbonyl (C=O) groups is 1. The summed E-state index contributed by atoms with van der Waals surface area (Å²) in [4.78, 5) is 16.0. The van der Waals surface area contributed by atoms with Gasteiger partial charge in [-0.2, -0.15) is 0 Å². The summed E-state index contributed by atoms with van der Waals surface area (Å²) >= 11 is 0. The minimum atomic E-state index is -0.882. The van der Waals surface area contributed by atoms with Gasteiger partial charge in [-0.25, -0.2) is 9.78 Å². The van der Waals surface area contributed by atoms with Gasteiger partial charge in [-0.15, -0.1) is 0 Å². The molecule has 0 saturated heterocycles. The Morgan fingerprint density at radius 1 is 1.33 bits per heavy atom. The minimum absolute atomic E-state index is 0.0610. The lowest BCUT2D eigenvalue weighted by Gasteiger charge is -2.30. The lowest BCUT2D eigenvalue weighted by molar-refractivity contribution is 0.0697. The Kier molecular flexibility index (Phi) is 3.27. The summed E-state index contributed by atoms with van der Waals surface area (Å²) in [5.41, 5.74) is 2.26. The molecule has 0 amide bonds. The van der Waals surface area contributed by atoms with E-state index in [1.165, 1.54) is 12.8 Å². The maximum Gasteiger partial charge on any atom is 0.335 e. The summed E-state index contributed by atoms with van der Waals surface area (Å²) < 4.78 is 2.31. The standard InChI is InChI=1S/C17H22N2O2/c1-11(2)15-18-13-7-6-12(16(20)21)10-14(13)19(15)17(3)8-4-5-9-17/h6-7,10-11H,4-5,8-9H2,1-3H3,(H,20,21). The molecule has 1 aliphatic rings.